The molecule has 1 unspecified atom stereocenters. The predicted molar refractivity (Wildman–Crippen MR) is 43.5 cm³/mol. The van der Waals surface area contributed by atoms with Gasteiger partial charge in [-0.15, -0.1) is 0 Å². The number of hydrogen-bond donors (Lipinski definition) is 1. The molecule has 0 saturated carbocycles. The van der Waals surface area contributed by atoms with Crippen LogP contribution < -0.4 is 0 Å². The summed E-state index contributed by atoms with van der Waals surface area (Å²) in [5.74, 6) is 0.243. The zero-order valence-electron chi connectivity index (χ0n) is 6.99. The topological polar surface area (TPSA) is 38.0 Å². The van der Waals surface area contributed by atoms with Gasteiger partial charge < -0.3 is 5.11 Å². The molecule has 1 aromatic heterocycles. The highest BCUT2D eigenvalue weighted by Gasteiger charge is 2.03. The van der Waals surface area contributed by atoms with Crippen LogP contribution in [-0.4, -0.2) is 14.9 Å². The first-order chi connectivity index (χ1) is 5.24. The van der Waals surface area contributed by atoms with E-state index in [2.05, 4.69) is 18.9 Å². The minimum atomic E-state index is 0.243. The van der Waals surface area contributed by atoms with Gasteiger partial charge in [-0.05, 0) is 13.3 Å². The molecule has 0 aliphatic carbocycles. The fourth-order valence-corrected chi connectivity index (χ4v) is 1.12. The molecule has 0 saturated heterocycles. The van der Waals surface area contributed by atoms with E-state index >= 15 is 0 Å². The molecule has 3 nitrogen and oxygen atoms in total. The molecule has 1 N–H and O–H groups in total. The summed E-state index contributed by atoms with van der Waals surface area (Å²) in [5.41, 5.74) is 0. The van der Waals surface area contributed by atoms with Gasteiger partial charge in [-0.2, -0.15) is 5.10 Å². The minimum absolute atomic E-state index is 0.243. The van der Waals surface area contributed by atoms with Crippen LogP contribution in [0.3, 0.4) is 0 Å². The van der Waals surface area contributed by atoms with Crippen molar-refractivity contribution in [2.45, 2.75) is 32.7 Å². The maximum Gasteiger partial charge on any atom is 0.153 e. The lowest BCUT2D eigenvalue weighted by atomic mass is 10.2. The zero-order valence-corrected chi connectivity index (χ0v) is 6.99. The lowest BCUT2D eigenvalue weighted by Gasteiger charge is -2.09. The second-order valence-electron chi connectivity index (χ2n) is 2.82. The van der Waals surface area contributed by atoms with Gasteiger partial charge in [0.05, 0.1) is 12.4 Å². The molecule has 1 heterocycles. The Balaban J connectivity index is 2.60. The van der Waals surface area contributed by atoms with Crippen molar-refractivity contribution in [2.24, 2.45) is 0 Å². The van der Waals surface area contributed by atoms with Gasteiger partial charge in [0, 0.05) is 6.04 Å². The van der Waals surface area contributed by atoms with E-state index in [0.717, 1.165) is 12.8 Å². The molecule has 0 amide bonds. The average Bonchev–Trinajstić information content (AvgIpc) is 2.36. The van der Waals surface area contributed by atoms with E-state index in [-0.39, 0.29) is 5.75 Å². The average molecular weight is 154 g/mol. The zero-order chi connectivity index (χ0) is 8.27. The lowest BCUT2D eigenvalue weighted by molar-refractivity contribution is 0.445. The molecular formula is C8H14N2O. The molecular weight excluding hydrogens is 140 g/mol. The summed E-state index contributed by atoms with van der Waals surface area (Å²) in [6, 6.07) is 0.390. The van der Waals surface area contributed by atoms with Crippen molar-refractivity contribution >= 4 is 0 Å². The molecule has 0 aromatic carbocycles. The molecule has 0 fully saturated rings. The molecule has 1 atom stereocenters. The molecule has 0 radical (unpaired) electrons. The van der Waals surface area contributed by atoms with Crippen molar-refractivity contribution in [3.8, 4) is 5.75 Å². The van der Waals surface area contributed by atoms with Crippen molar-refractivity contribution in [3.63, 3.8) is 0 Å². The molecule has 1 rings (SSSR count). The Hall–Kier alpha value is -0.990. The normalized spacial score (nSPS) is 13.3. The highest BCUT2D eigenvalue weighted by molar-refractivity contribution is 5.08. The number of aromatic nitrogens is 2. The van der Waals surface area contributed by atoms with Crippen LogP contribution in [0.25, 0.3) is 0 Å². The third-order valence-electron chi connectivity index (χ3n) is 1.75. The first-order valence-corrected chi connectivity index (χ1v) is 3.97. The summed E-state index contributed by atoms with van der Waals surface area (Å²) in [5, 5.41) is 13.0. The second-order valence-corrected chi connectivity index (χ2v) is 2.82. The van der Waals surface area contributed by atoms with Gasteiger partial charge in [0.25, 0.3) is 0 Å². The summed E-state index contributed by atoms with van der Waals surface area (Å²) in [6.45, 7) is 4.23. The Labute approximate surface area is 66.7 Å². The molecule has 0 spiro atoms. The van der Waals surface area contributed by atoms with Crippen LogP contribution >= 0.6 is 0 Å². The van der Waals surface area contributed by atoms with Crippen LogP contribution in [0.15, 0.2) is 12.4 Å². The Morgan fingerprint density at radius 1 is 1.73 bits per heavy atom. The van der Waals surface area contributed by atoms with Crippen LogP contribution in [-0.2, 0) is 0 Å². The molecule has 62 valence electrons. The maximum absolute atomic E-state index is 8.99. The van der Waals surface area contributed by atoms with E-state index < -0.39 is 0 Å². The summed E-state index contributed by atoms with van der Waals surface area (Å²) in [4.78, 5) is 0. The summed E-state index contributed by atoms with van der Waals surface area (Å²) >= 11 is 0. The number of hydrogen-bond acceptors (Lipinski definition) is 2. The molecule has 11 heavy (non-hydrogen) atoms. The molecule has 3 heteroatoms. The Morgan fingerprint density at radius 3 is 2.91 bits per heavy atom. The van der Waals surface area contributed by atoms with E-state index in [9.17, 15) is 0 Å². The SMILES string of the molecule is CCCC(C)n1cc(O)cn1. The third kappa shape index (κ3) is 1.97. The number of nitrogens with zero attached hydrogens (tertiary/aromatic N) is 2. The highest BCUT2D eigenvalue weighted by atomic mass is 16.3. The van der Waals surface area contributed by atoms with Crippen molar-refractivity contribution in [1.29, 1.82) is 0 Å². The van der Waals surface area contributed by atoms with E-state index in [1.807, 2.05) is 0 Å². The van der Waals surface area contributed by atoms with Gasteiger partial charge in [0.2, 0.25) is 0 Å². The predicted octanol–water partition coefficient (Wildman–Crippen LogP) is 1.95. The molecule has 0 aliphatic rings. The summed E-state index contributed by atoms with van der Waals surface area (Å²) in [6.07, 6.45) is 5.36. The second kappa shape index (κ2) is 3.42. The van der Waals surface area contributed by atoms with E-state index in [0.29, 0.717) is 6.04 Å². The summed E-state index contributed by atoms with van der Waals surface area (Å²) < 4.78 is 1.79. The Kier molecular flexibility index (Phi) is 2.52. The van der Waals surface area contributed by atoms with Crippen LogP contribution in [0.4, 0.5) is 0 Å². The van der Waals surface area contributed by atoms with Crippen LogP contribution in [0.5, 0.6) is 5.75 Å². The van der Waals surface area contributed by atoms with Gasteiger partial charge in [-0.1, -0.05) is 13.3 Å². The first-order valence-electron chi connectivity index (χ1n) is 3.97. The molecule has 0 bridgehead atoms. The highest BCUT2D eigenvalue weighted by Crippen LogP contribution is 2.14. The van der Waals surface area contributed by atoms with E-state index in [4.69, 9.17) is 5.11 Å². The van der Waals surface area contributed by atoms with E-state index in [1.165, 1.54) is 6.20 Å². The molecule has 1 aromatic rings. The van der Waals surface area contributed by atoms with Gasteiger partial charge in [-0.25, -0.2) is 0 Å². The fraction of sp³-hybridized carbons (Fsp3) is 0.625. The first kappa shape index (κ1) is 8.11. The van der Waals surface area contributed by atoms with Gasteiger partial charge in [-0.3, -0.25) is 4.68 Å². The van der Waals surface area contributed by atoms with E-state index in [1.54, 1.807) is 10.9 Å². The van der Waals surface area contributed by atoms with Crippen LogP contribution in [0.2, 0.25) is 0 Å². The lowest BCUT2D eigenvalue weighted by Crippen LogP contribution is -2.04. The Morgan fingerprint density at radius 2 is 2.45 bits per heavy atom. The maximum atomic E-state index is 8.99. The van der Waals surface area contributed by atoms with Crippen LogP contribution in [0.1, 0.15) is 32.7 Å². The van der Waals surface area contributed by atoms with Crippen LogP contribution in [0, 0.1) is 0 Å². The summed E-state index contributed by atoms with van der Waals surface area (Å²) in [7, 11) is 0. The van der Waals surface area contributed by atoms with Gasteiger partial charge in [0.1, 0.15) is 0 Å². The van der Waals surface area contributed by atoms with Crippen molar-refractivity contribution in [3.05, 3.63) is 12.4 Å². The largest absolute Gasteiger partial charge is 0.505 e. The fourth-order valence-electron chi connectivity index (χ4n) is 1.12. The smallest absolute Gasteiger partial charge is 0.153 e. The van der Waals surface area contributed by atoms with Crippen molar-refractivity contribution in [2.75, 3.05) is 0 Å². The van der Waals surface area contributed by atoms with Gasteiger partial charge >= 0.3 is 0 Å². The number of aromatic hydroxyl groups is 1. The standard InChI is InChI=1S/C8H14N2O/c1-3-4-7(2)10-6-8(11)5-9-10/h5-7,11H,3-4H2,1-2H3. The quantitative estimate of drug-likeness (QED) is 0.722. The third-order valence-corrected chi connectivity index (χ3v) is 1.75. The monoisotopic (exact) mass is 154 g/mol. The van der Waals surface area contributed by atoms with Crippen molar-refractivity contribution in [1.82, 2.24) is 9.78 Å². The van der Waals surface area contributed by atoms with Gasteiger partial charge in [0.15, 0.2) is 5.75 Å². The van der Waals surface area contributed by atoms with Crippen molar-refractivity contribution < 1.29 is 5.11 Å². The Bertz CT molecular complexity index is 220. The number of rotatable bonds is 3. The minimum Gasteiger partial charge on any atom is -0.505 e. The molecule has 0 aliphatic heterocycles.